The summed E-state index contributed by atoms with van der Waals surface area (Å²) in [4.78, 5) is 4.77. The van der Waals surface area contributed by atoms with Crippen molar-refractivity contribution in [3.05, 3.63) is 30.1 Å². The van der Waals surface area contributed by atoms with Crippen molar-refractivity contribution < 1.29 is 9.84 Å². The Morgan fingerprint density at radius 1 is 1.29 bits per heavy atom. The van der Waals surface area contributed by atoms with E-state index in [9.17, 15) is 5.11 Å². The predicted molar refractivity (Wildman–Crippen MR) is 83.3 cm³/mol. The van der Waals surface area contributed by atoms with Crippen LogP contribution in [0.4, 0.5) is 0 Å². The number of nitrogens with zero attached hydrogens (tertiary/aromatic N) is 2. The van der Waals surface area contributed by atoms with Crippen molar-refractivity contribution in [1.82, 2.24) is 9.55 Å². The number of aliphatic hydroxyl groups is 1. The van der Waals surface area contributed by atoms with E-state index in [1.807, 2.05) is 12.1 Å². The summed E-state index contributed by atoms with van der Waals surface area (Å²) in [5.41, 5.74) is 1.49. The number of aromatic nitrogens is 2. The highest BCUT2D eigenvalue weighted by atomic mass is 16.5. The van der Waals surface area contributed by atoms with E-state index in [1.54, 1.807) is 0 Å². The second kappa shape index (κ2) is 6.16. The van der Waals surface area contributed by atoms with Gasteiger partial charge in [-0.15, -0.1) is 0 Å². The number of hydrogen-bond acceptors (Lipinski definition) is 3. The fourth-order valence-corrected chi connectivity index (χ4v) is 3.03. The van der Waals surface area contributed by atoms with Crippen molar-refractivity contribution in [1.29, 1.82) is 0 Å². The molecule has 114 valence electrons. The number of aryl methyl sites for hydroxylation is 1. The first-order valence-electron chi connectivity index (χ1n) is 7.96. The number of fused-ring (bicyclic) bond motifs is 1. The third-order valence-corrected chi connectivity index (χ3v) is 4.36. The van der Waals surface area contributed by atoms with Crippen molar-refractivity contribution in [2.45, 2.75) is 51.2 Å². The van der Waals surface area contributed by atoms with Crippen LogP contribution in [0.3, 0.4) is 0 Å². The van der Waals surface area contributed by atoms with Gasteiger partial charge in [0, 0.05) is 32.5 Å². The minimum atomic E-state index is -0.664. The monoisotopic (exact) mass is 288 g/mol. The molecule has 1 aliphatic rings. The number of ether oxygens (including phenoxy) is 1. The fourth-order valence-electron chi connectivity index (χ4n) is 3.03. The lowest BCUT2D eigenvalue weighted by molar-refractivity contribution is -0.0726. The summed E-state index contributed by atoms with van der Waals surface area (Å²) in [7, 11) is 0. The largest absolute Gasteiger partial charge is 0.388 e. The Hall–Kier alpha value is -1.39. The Morgan fingerprint density at radius 3 is 2.81 bits per heavy atom. The molecule has 1 aliphatic heterocycles. The molecule has 4 nitrogen and oxygen atoms in total. The number of benzene rings is 1. The molecule has 2 aromatic rings. The minimum Gasteiger partial charge on any atom is -0.388 e. The van der Waals surface area contributed by atoms with Gasteiger partial charge in [0.1, 0.15) is 5.82 Å². The van der Waals surface area contributed by atoms with Crippen LogP contribution in [0.2, 0.25) is 0 Å². The van der Waals surface area contributed by atoms with Gasteiger partial charge in [-0.3, -0.25) is 0 Å². The third-order valence-electron chi connectivity index (χ3n) is 4.36. The summed E-state index contributed by atoms with van der Waals surface area (Å²) in [5, 5.41) is 10.8. The summed E-state index contributed by atoms with van der Waals surface area (Å²) < 4.78 is 7.60. The second-order valence-electron chi connectivity index (χ2n) is 6.04. The molecule has 1 aromatic heterocycles. The first-order valence-corrected chi connectivity index (χ1v) is 7.96. The van der Waals surface area contributed by atoms with Crippen LogP contribution in [0, 0.1) is 0 Å². The molecule has 0 atom stereocenters. The Labute approximate surface area is 125 Å². The topological polar surface area (TPSA) is 47.3 Å². The lowest BCUT2D eigenvalue weighted by Crippen LogP contribution is -2.40. The van der Waals surface area contributed by atoms with Crippen molar-refractivity contribution in [3.63, 3.8) is 0 Å². The van der Waals surface area contributed by atoms with E-state index in [2.05, 4.69) is 23.6 Å². The van der Waals surface area contributed by atoms with E-state index in [1.165, 1.54) is 0 Å². The van der Waals surface area contributed by atoms with Gasteiger partial charge in [-0.1, -0.05) is 25.5 Å². The van der Waals surface area contributed by atoms with E-state index < -0.39 is 5.60 Å². The molecule has 1 fully saturated rings. The smallest absolute Gasteiger partial charge is 0.109 e. The summed E-state index contributed by atoms with van der Waals surface area (Å²) in [5.74, 6) is 1.10. The molecule has 0 radical (unpaired) electrons. The zero-order valence-corrected chi connectivity index (χ0v) is 12.7. The summed E-state index contributed by atoms with van der Waals surface area (Å²) in [6, 6.07) is 8.21. The molecular weight excluding hydrogens is 264 g/mol. The normalized spacial score (nSPS) is 18.2. The molecule has 2 heterocycles. The predicted octanol–water partition coefficient (Wildman–Crippen LogP) is 2.92. The number of imidazole rings is 1. The molecule has 0 unspecified atom stereocenters. The Bertz CT molecular complexity index is 600. The Kier molecular flexibility index (Phi) is 4.27. The molecule has 0 aliphatic carbocycles. The first-order chi connectivity index (χ1) is 10.2. The van der Waals surface area contributed by atoms with Gasteiger partial charge in [0.05, 0.1) is 23.2 Å². The van der Waals surface area contributed by atoms with Gasteiger partial charge in [0.15, 0.2) is 0 Å². The number of para-hydroxylation sites is 2. The fraction of sp³-hybridized carbons (Fsp3) is 0.588. The van der Waals surface area contributed by atoms with Crippen LogP contribution in [0.5, 0.6) is 0 Å². The maximum absolute atomic E-state index is 10.8. The van der Waals surface area contributed by atoms with Crippen LogP contribution >= 0.6 is 0 Å². The zero-order valence-electron chi connectivity index (χ0n) is 12.7. The quantitative estimate of drug-likeness (QED) is 0.920. The molecule has 0 bridgehead atoms. The highest BCUT2D eigenvalue weighted by molar-refractivity contribution is 5.75. The van der Waals surface area contributed by atoms with Crippen molar-refractivity contribution in [3.8, 4) is 0 Å². The minimum absolute atomic E-state index is 0.621. The average Bonchev–Trinajstić information content (AvgIpc) is 2.83. The Balaban J connectivity index is 1.94. The van der Waals surface area contributed by atoms with Gasteiger partial charge in [-0.25, -0.2) is 4.98 Å². The van der Waals surface area contributed by atoms with Crippen LogP contribution in [0.1, 0.15) is 38.4 Å². The van der Waals surface area contributed by atoms with Crippen LogP contribution in [0.25, 0.3) is 11.0 Å². The van der Waals surface area contributed by atoms with Gasteiger partial charge >= 0.3 is 0 Å². The van der Waals surface area contributed by atoms with Gasteiger partial charge in [0.25, 0.3) is 0 Å². The Morgan fingerprint density at radius 2 is 2.05 bits per heavy atom. The molecule has 21 heavy (non-hydrogen) atoms. The number of rotatable bonds is 5. The summed E-state index contributed by atoms with van der Waals surface area (Å²) in [6.45, 7) is 4.11. The van der Waals surface area contributed by atoms with Crippen molar-refractivity contribution >= 4 is 11.0 Å². The van der Waals surface area contributed by atoms with Crippen LogP contribution in [0.15, 0.2) is 24.3 Å². The lowest BCUT2D eigenvalue weighted by Gasteiger charge is -2.33. The highest BCUT2D eigenvalue weighted by Gasteiger charge is 2.31. The van der Waals surface area contributed by atoms with E-state index in [0.717, 1.165) is 36.1 Å². The molecule has 1 saturated heterocycles. The van der Waals surface area contributed by atoms with Crippen LogP contribution in [-0.4, -0.2) is 33.5 Å². The van der Waals surface area contributed by atoms with Crippen molar-refractivity contribution in [2.75, 3.05) is 13.2 Å². The third kappa shape index (κ3) is 3.11. The summed E-state index contributed by atoms with van der Waals surface area (Å²) >= 11 is 0. The highest BCUT2D eigenvalue weighted by Crippen LogP contribution is 2.26. The molecule has 3 rings (SSSR count). The van der Waals surface area contributed by atoms with Crippen molar-refractivity contribution in [2.24, 2.45) is 0 Å². The molecule has 0 amide bonds. The lowest BCUT2D eigenvalue weighted by atomic mass is 9.94. The van der Waals surface area contributed by atoms with E-state index >= 15 is 0 Å². The number of hydrogen-bond donors (Lipinski definition) is 1. The summed E-state index contributed by atoms with van der Waals surface area (Å²) in [6.07, 6.45) is 4.66. The van der Waals surface area contributed by atoms with E-state index in [0.29, 0.717) is 32.6 Å². The maximum Gasteiger partial charge on any atom is 0.109 e. The number of unbranched alkanes of at least 4 members (excludes halogenated alkanes) is 1. The standard InChI is InChI=1S/C17H24N2O2/c1-2-3-8-16-18-14-6-4-5-7-15(14)19(16)13-17(20)9-11-21-12-10-17/h4-7,20H,2-3,8-13H2,1H3. The van der Waals surface area contributed by atoms with Gasteiger partial charge < -0.3 is 14.4 Å². The SMILES string of the molecule is CCCCc1nc2ccccc2n1CC1(O)CCOCC1. The van der Waals surface area contributed by atoms with Gasteiger partial charge in [-0.2, -0.15) is 0 Å². The molecule has 4 heteroatoms. The second-order valence-corrected chi connectivity index (χ2v) is 6.04. The molecule has 1 N–H and O–H groups in total. The molecule has 1 aromatic carbocycles. The molecule has 0 spiro atoms. The van der Waals surface area contributed by atoms with Crippen LogP contribution < -0.4 is 0 Å². The zero-order chi connectivity index (χ0) is 14.7. The maximum atomic E-state index is 10.8. The van der Waals surface area contributed by atoms with Gasteiger partial charge in [-0.05, 0) is 18.6 Å². The molecular formula is C17H24N2O2. The van der Waals surface area contributed by atoms with E-state index in [-0.39, 0.29) is 0 Å². The first kappa shape index (κ1) is 14.5. The molecule has 0 saturated carbocycles. The van der Waals surface area contributed by atoms with E-state index in [4.69, 9.17) is 9.72 Å². The van der Waals surface area contributed by atoms with Gasteiger partial charge in [0.2, 0.25) is 0 Å². The van der Waals surface area contributed by atoms with Crippen LogP contribution in [-0.2, 0) is 17.7 Å². The average molecular weight is 288 g/mol.